The van der Waals surface area contributed by atoms with Gasteiger partial charge < -0.3 is 14.4 Å². The summed E-state index contributed by atoms with van der Waals surface area (Å²) in [5, 5.41) is 4.33. The van der Waals surface area contributed by atoms with Gasteiger partial charge in [-0.1, -0.05) is 19.8 Å². The van der Waals surface area contributed by atoms with Crippen molar-refractivity contribution < 1.29 is 22.6 Å². The zero-order chi connectivity index (χ0) is 20.7. The van der Waals surface area contributed by atoms with Crippen LogP contribution in [0.3, 0.4) is 0 Å². The van der Waals surface area contributed by atoms with E-state index in [1.807, 2.05) is 0 Å². The molecule has 160 valence electrons. The highest BCUT2D eigenvalue weighted by molar-refractivity contribution is 7.07. The third-order valence-corrected chi connectivity index (χ3v) is 6.09. The number of alkyl halides is 3. The van der Waals surface area contributed by atoms with E-state index < -0.39 is 6.36 Å². The number of ether oxygens (including phenoxy) is 2. The van der Waals surface area contributed by atoms with Gasteiger partial charge in [-0.05, 0) is 78.5 Å². The number of likely N-dealkylation sites (tertiary alicyclic amines) is 1. The van der Waals surface area contributed by atoms with Crippen LogP contribution in [0.2, 0.25) is 0 Å². The summed E-state index contributed by atoms with van der Waals surface area (Å²) < 4.78 is 46.8. The Hall–Kier alpha value is -1.73. The van der Waals surface area contributed by atoms with Gasteiger partial charge >= 0.3 is 6.36 Å². The number of halogens is 3. The minimum Gasteiger partial charge on any atom is -0.493 e. The van der Waals surface area contributed by atoms with E-state index in [4.69, 9.17) is 4.74 Å². The predicted molar refractivity (Wildman–Crippen MR) is 110 cm³/mol. The number of hydrogen-bond donors (Lipinski definition) is 0. The SMILES string of the molecule is CCCCCN1CC[C@@H](c2ccsc2)[C@H](COc2ccc(OC(F)(F)F)cc2)C1. The van der Waals surface area contributed by atoms with E-state index in [1.165, 1.54) is 49.1 Å². The van der Waals surface area contributed by atoms with Gasteiger partial charge in [-0.25, -0.2) is 0 Å². The molecule has 1 aliphatic rings. The Bertz CT molecular complexity index is 719. The molecule has 29 heavy (non-hydrogen) atoms. The Morgan fingerprint density at radius 3 is 2.52 bits per heavy atom. The van der Waals surface area contributed by atoms with Gasteiger partial charge in [0.2, 0.25) is 0 Å². The third-order valence-electron chi connectivity index (χ3n) is 5.39. The second kappa shape index (κ2) is 10.3. The van der Waals surface area contributed by atoms with Gasteiger partial charge in [-0.15, -0.1) is 13.2 Å². The zero-order valence-electron chi connectivity index (χ0n) is 16.7. The third kappa shape index (κ3) is 6.93. The Morgan fingerprint density at radius 1 is 1.10 bits per heavy atom. The van der Waals surface area contributed by atoms with Crippen LogP contribution in [0.5, 0.6) is 11.5 Å². The summed E-state index contributed by atoms with van der Waals surface area (Å²) in [6.45, 7) is 5.96. The van der Waals surface area contributed by atoms with Gasteiger partial charge in [0.25, 0.3) is 0 Å². The molecule has 0 unspecified atom stereocenters. The molecule has 0 aliphatic carbocycles. The Kier molecular flexibility index (Phi) is 7.84. The molecule has 2 atom stereocenters. The maximum Gasteiger partial charge on any atom is 0.573 e. The number of piperidine rings is 1. The molecule has 3 nitrogen and oxygen atoms in total. The molecule has 1 aromatic carbocycles. The van der Waals surface area contributed by atoms with E-state index in [2.05, 4.69) is 33.4 Å². The Labute approximate surface area is 174 Å². The van der Waals surface area contributed by atoms with E-state index in [-0.39, 0.29) is 5.75 Å². The highest BCUT2D eigenvalue weighted by Gasteiger charge is 2.32. The van der Waals surface area contributed by atoms with Crippen LogP contribution in [0.4, 0.5) is 13.2 Å². The van der Waals surface area contributed by atoms with Crippen molar-refractivity contribution in [1.82, 2.24) is 4.90 Å². The van der Waals surface area contributed by atoms with E-state index >= 15 is 0 Å². The molecule has 1 aromatic heterocycles. The molecule has 2 heterocycles. The second-order valence-corrected chi connectivity index (χ2v) is 8.33. The van der Waals surface area contributed by atoms with Gasteiger partial charge in [0.05, 0.1) is 6.61 Å². The van der Waals surface area contributed by atoms with Crippen molar-refractivity contribution in [1.29, 1.82) is 0 Å². The molecule has 0 spiro atoms. The summed E-state index contributed by atoms with van der Waals surface area (Å²) in [6, 6.07) is 7.83. The lowest BCUT2D eigenvalue weighted by atomic mass is 9.82. The molecule has 1 fully saturated rings. The van der Waals surface area contributed by atoms with Crippen molar-refractivity contribution in [2.75, 3.05) is 26.2 Å². The number of benzene rings is 1. The number of nitrogens with zero attached hydrogens (tertiary/aromatic N) is 1. The first-order valence-electron chi connectivity index (χ1n) is 10.2. The van der Waals surface area contributed by atoms with Crippen molar-refractivity contribution in [2.45, 2.75) is 44.9 Å². The summed E-state index contributed by atoms with van der Waals surface area (Å²) in [4.78, 5) is 2.52. The molecule has 2 aromatic rings. The molecule has 1 aliphatic heterocycles. The van der Waals surface area contributed by atoms with Gasteiger partial charge in [0, 0.05) is 12.5 Å². The molecule has 7 heteroatoms. The van der Waals surface area contributed by atoms with Crippen LogP contribution in [0.25, 0.3) is 0 Å². The summed E-state index contributed by atoms with van der Waals surface area (Å²) in [5.41, 5.74) is 1.37. The fourth-order valence-corrected chi connectivity index (χ4v) is 4.66. The minimum absolute atomic E-state index is 0.235. The first-order chi connectivity index (χ1) is 13.9. The highest BCUT2D eigenvalue weighted by atomic mass is 32.1. The summed E-state index contributed by atoms with van der Waals surface area (Å²) in [7, 11) is 0. The van der Waals surface area contributed by atoms with Crippen molar-refractivity contribution >= 4 is 11.3 Å². The zero-order valence-corrected chi connectivity index (χ0v) is 17.5. The van der Waals surface area contributed by atoms with Crippen LogP contribution in [0.1, 0.15) is 44.1 Å². The number of hydrogen-bond acceptors (Lipinski definition) is 4. The molecule has 3 rings (SSSR count). The van der Waals surface area contributed by atoms with Gasteiger partial charge in [0.1, 0.15) is 11.5 Å². The normalized spacial score (nSPS) is 20.6. The van der Waals surface area contributed by atoms with Crippen LogP contribution in [-0.2, 0) is 0 Å². The van der Waals surface area contributed by atoms with Gasteiger partial charge in [0.15, 0.2) is 0 Å². The van der Waals surface area contributed by atoms with Crippen LogP contribution in [0.15, 0.2) is 41.1 Å². The predicted octanol–water partition coefficient (Wildman–Crippen LogP) is 6.32. The summed E-state index contributed by atoms with van der Waals surface area (Å²) >= 11 is 1.71. The van der Waals surface area contributed by atoms with Crippen LogP contribution >= 0.6 is 11.3 Å². The molecule has 0 amide bonds. The topological polar surface area (TPSA) is 21.7 Å². The fourth-order valence-electron chi connectivity index (χ4n) is 3.93. The quantitative estimate of drug-likeness (QED) is 0.437. The smallest absolute Gasteiger partial charge is 0.493 e. The molecule has 0 bridgehead atoms. The molecule has 0 radical (unpaired) electrons. The van der Waals surface area contributed by atoms with Crippen LogP contribution in [0, 0.1) is 5.92 Å². The lowest BCUT2D eigenvalue weighted by Gasteiger charge is -2.38. The molecule has 0 saturated carbocycles. The number of thiophene rings is 1. The number of rotatable bonds is 9. The largest absolute Gasteiger partial charge is 0.573 e. The Balaban J connectivity index is 1.59. The summed E-state index contributed by atoms with van der Waals surface area (Å²) in [6.07, 6.45) is 0.104. The first kappa shape index (κ1) is 22.0. The van der Waals surface area contributed by atoms with Crippen molar-refractivity contribution in [3.05, 3.63) is 46.7 Å². The van der Waals surface area contributed by atoms with E-state index in [0.717, 1.165) is 26.1 Å². The highest BCUT2D eigenvalue weighted by Crippen LogP contribution is 2.35. The van der Waals surface area contributed by atoms with Crippen molar-refractivity contribution in [2.24, 2.45) is 5.92 Å². The monoisotopic (exact) mass is 427 g/mol. The Morgan fingerprint density at radius 2 is 1.86 bits per heavy atom. The van der Waals surface area contributed by atoms with E-state index in [1.54, 1.807) is 11.3 Å². The molecule has 1 saturated heterocycles. The standard InChI is InChI=1S/C22H28F3NO2S/c1-2-3-4-11-26-12-9-21(17-10-13-29-16-17)18(14-26)15-27-19-5-7-20(8-6-19)28-22(23,24)25/h5-8,10,13,16,18,21H,2-4,9,11-12,14-15H2,1H3/t18-,21-/m0/s1. The van der Waals surface area contributed by atoms with E-state index in [9.17, 15) is 13.2 Å². The second-order valence-electron chi connectivity index (χ2n) is 7.55. The lowest BCUT2D eigenvalue weighted by Crippen LogP contribution is -2.42. The van der Waals surface area contributed by atoms with Crippen molar-refractivity contribution in [3.8, 4) is 11.5 Å². The molecule has 0 N–H and O–H groups in total. The molecular formula is C22H28F3NO2S. The maximum absolute atomic E-state index is 12.3. The summed E-state index contributed by atoms with van der Waals surface area (Å²) in [5.74, 6) is 1.13. The van der Waals surface area contributed by atoms with Crippen molar-refractivity contribution in [3.63, 3.8) is 0 Å². The lowest BCUT2D eigenvalue weighted by molar-refractivity contribution is -0.274. The van der Waals surface area contributed by atoms with E-state index in [0.29, 0.717) is 24.2 Å². The first-order valence-corrected chi connectivity index (χ1v) is 11.1. The molecular weight excluding hydrogens is 399 g/mol. The average Bonchev–Trinajstić information content (AvgIpc) is 3.21. The minimum atomic E-state index is -4.68. The number of unbranched alkanes of at least 4 members (excludes halogenated alkanes) is 2. The maximum atomic E-state index is 12.3. The van der Waals surface area contributed by atoms with Crippen LogP contribution < -0.4 is 9.47 Å². The van der Waals surface area contributed by atoms with Gasteiger partial charge in [-0.2, -0.15) is 11.3 Å². The van der Waals surface area contributed by atoms with Crippen LogP contribution in [-0.4, -0.2) is 37.5 Å². The fraction of sp³-hybridized carbons (Fsp3) is 0.545. The van der Waals surface area contributed by atoms with Gasteiger partial charge in [-0.3, -0.25) is 0 Å². The average molecular weight is 428 g/mol.